The molecule has 0 saturated carbocycles. The van der Waals surface area contributed by atoms with Crippen LogP contribution in [-0.4, -0.2) is 35.0 Å². The Balaban J connectivity index is 1.67. The van der Waals surface area contributed by atoms with Crippen LogP contribution in [0.15, 0.2) is 36.4 Å². The van der Waals surface area contributed by atoms with Crippen LogP contribution >= 0.6 is 0 Å². The maximum atomic E-state index is 13.0. The number of hydrogen-bond acceptors (Lipinski definition) is 5. The Bertz CT molecular complexity index is 1330. The lowest BCUT2D eigenvalue weighted by molar-refractivity contribution is 0.0968. The van der Waals surface area contributed by atoms with Gasteiger partial charge in [-0.05, 0) is 73.2 Å². The summed E-state index contributed by atoms with van der Waals surface area (Å²) in [6, 6.07) is 6.96. The van der Waals surface area contributed by atoms with Gasteiger partial charge in [0, 0.05) is 12.8 Å². The summed E-state index contributed by atoms with van der Waals surface area (Å²) in [5, 5.41) is 21.1. The molecule has 2 rings (SSSR count). The topological polar surface area (TPSA) is 83.8 Å². The number of aromatic hydroxyl groups is 2. The minimum Gasteiger partial charge on any atom is -0.507 e. The van der Waals surface area contributed by atoms with E-state index in [9.17, 15) is 19.8 Å². The zero-order chi connectivity index (χ0) is 41.4. The summed E-state index contributed by atoms with van der Waals surface area (Å²) in [5.74, 6) is 0.112. The number of Topliss-reactive ketones (excluding diaryl/α,β-unsaturated/α-hetero) is 2. The van der Waals surface area contributed by atoms with Crippen molar-refractivity contribution in [3.63, 3.8) is 0 Å². The van der Waals surface area contributed by atoms with Crippen molar-refractivity contribution in [2.45, 2.75) is 207 Å². The molecule has 0 spiro atoms. The number of ketones is 2. The van der Waals surface area contributed by atoms with Crippen LogP contribution in [-0.2, 0) is 4.74 Å². The normalized spacial score (nSPS) is 11.7. The minimum absolute atomic E-state index is 0.000536. The Morgan fingerprint density at radius 3 is 1.04 bits per heavy atom. The van der Waals surface area contributed by atoms with Gasteiger partial charge in [-0.1, -0.05) is 192 Å². The van der Waals surface area contributed by atoms with Gasteiger partial charge in [0.1, 0.15) is 11.5 Å². The van der Waals surface area contributed by atoms with E-state index in [4.69, 9.17) is 4.74 Å². The predicted octanol–water partition coefficient (Wildman–Crippen LogP) is 15.8. The van der Waals surface area contributed by atoms with Gasteiger partial charge in [-0.15, -0.1) is 0 Å². The fourth-order valence-electron chi connectivity index (χ4n) is 7.65. The van der Waals surface area contributed by atoms with Crippen LogP contribution in [0.3, 0.4) is 0 Å². The van der Waals surface area contributed by atoms with Crippen molar-refractivity contribution in [2.24, 2.45) is 0 Å². The first kappa shape index (κ1) is 50.0. The third-order valence-corrected chi connectivity index (χ3v) is 11.4. The van der Waals surface area contributed by atoms with Crippen molar-refractivity contribution in [2.75, 3.05) is 13.2 Å². The average Bonchev–Trinajstić information content (AvgIpc) is 3.19. The standard InChI is InChI=1S/C52H82O5/c1-5-7-9-11-13-15-17-19-21-23-25-27-29-35-49(53)47-41-45(43(3)39-51(47)55)33-31-37-57-38-32-34-46-42-48(52(56)40-44(46)4)50(54)36-30-28-26-24-22-20-18-16-14-12-10-8-6-2/h31-34,39-42,55-56H,5-30,35-38H2,1-4H3. The monoisotopic (exact) mass is 787 g/mol. The molecule has 0 aliphatic carbocycles. The Kier molecular flexibility index (Phi) is 28.7. The van der Waals surface area contributed by atoms with Crippen molar-refractivity contribution in [1.82, 2.24) is 0 Å². The van der Waals surface area contributed by atoms with Gasteiger partial charge < -0.3 is 14.9 Å². The number of ether oxygens (including phenoxy) is 1. The van der Waals surface area contributed by atoms with Crippen molar-refractivity contribution in [3.8, 4) is 11.5 Å². The van der Waals surface area contributed by atoms with E-state index in [2.05, 4.69) is 13.8 Å². The van der Waals surface area contributed by atoms with Crippen LogP contribution in [0.25, 0.3) is 12.2 Å². The van der Waals surface area contributed by atoms with Crippen LogP contribution in [0.1, 0.15) is 237 Å². The number of carbonyl (C=O) groups excluding carboxylic acids is 2. The van der Waals surface area contributed by atoms with Gasteiger partial charge in [0.25, 0.3) is 0 Å². The van der Waals surface area contributed by atoms with Gasteiger partial charge in [-0.2, -0.15) is 0 Å². The van der Waals surface area contributed by atoms with E-state index in [0.29, 0.717) is 37.2 Å². The Labute approximate surface area is 349 Å². The Hall–Kier alpha value is -3.18. The molecular weight excluding hydrogens is 705 g/mol. The molecule has 0 fully saturated rings. The van der Waals surface area contributed by atoms with Gasteiger partial charge in [0.2, 0.25) is 0 Å². The summed E-state index contributed by atoms with van der Waals surface area (Å²) in [7, 11) is 0. The van der Waals surface area contributed by atoms with Gasteiger partial charge >= 0.3 is 0 Å². The zero-order valence-electron chi connectivity index (χ0n) is 37.0. The molecule has 2 aromatic carbocycles. The largest absolute Gasteiger partial charge is 0.507 e. The SMILES string of the molecule is CCCCCCCCCCCCCCCC(=O)c1cc(C=CCOCC=Cc2cc(C(=O)CCCCCCCCCCCCCCC)c(O)cc2C)c(C)cc1O. The number of carbonyl (C=O) groups is 2. The van der Waals surface area contributed by atoms with E-state index < -0.39 is 0 Å². The van der Waals surface area contributed by atoms with E-state index in [0.717, 1.165) is 47.9 Å². The molecular formula is C52H82O5. The molecule has 0 aromatic heterocycles. The second-order valence-corrected chi connectivity index (χ2v) is 16.6. The van der Waals surface area contributed by atoms with Crippen molar-refractivity contribution < 1.29 is 24.5 Å². The summed E-state index contributed by atoms with van der Waals surface area (Å²) in [6.07, 6.45) is 41.6. The maximum Gasteiger partial charge on any atom is 0.166 e. The predicted molar refractivity (Wildman–Crippen MR) is 244 cm³/mol. The minimum atomic E-state index is 0.000536. The highest BCUT2D eigenvalue weighted by atomic mass is 16.5. The van der Waals surface area contributed by atoms with Gasteiger partial charge in [0.05, 0.1) is 24.3 Å². The van der Waals surface area contributed by atoms with Crippen LogP contribution in [0.4, 0.5) is 0 Å². The van der Waals surface area contributed by atoms with Gasteiger partial charge in [0.15, 0.2) is 11.6 Å². The molecule has 0 radical (unpaired) electrons. The van der Waals surface area contributed by atoms with Gasteiger partial charge in [-0.3, -0.25) is 9.59 Å². The summed E-state index contributed by atoms with van der Waals surface area (Å²) in [5.41, 5.74) is 4.41. The molecule has 2 N–H and O–H groups in total. The third-order valence-electron chi connectivity index (χ3n) is 11.4. The van der Waals surface area contributed by atoms with E-state index in [1.165, 1.54) is 141 Å². The summed E-state index contributed by atoms with van der Waals surface area (Å²) >= 11 is 0. The quantitative estimate of drug-likeness (QED) is 0.0531. The second kappa shape index (κ2) is 32.7. The van der Waals surface area contributed by atoms with E-state index >= 15 is 0 Å². The number of hydrogen-bond donors (Lipinski definition) is 2. The summed E-state index contributed by atoms with van der Waals surface area (Å²) in [4.78, 5) is 26.0. The number of phenolic OH excluding ortho intramolecular Hbond substituents is 2. The van der Waals surface area contributed by atoms with Gasteiger partial charge in [-0.25, -0.2) is 0 Å². The molecule has 0 saturated heterocycles. The number of phenols is 2. The average molecular weight is 787 g/mol. The molecule has 0 aliphatic heterocycles. The first-order valence-electron chi connectivity index (χ1n) is 23.4. The molecule has 0 bridgehead atoms. The number of benzene rings is 2. The van der Waals surface area contributed by atoms with Crippen molar-refractivity contribution >= 4 is 23.7 Å². The van der Waals surface area contributed by atoms with Crippen LogP contribution in [0.5, 0.6) is 11.5 Å². The Morgan fingerprint density at radius 1 is 0.456 bits per heavy atom. The lowest BCUT2D eigenvalue weighted by atomic mass is 9.97. The summed E-state index contributed by atoms with van der Waals surface area (Å²) in [6.45, 7) is 9.18. The smallest absolute Gasteiger partial charge is 0.166 e. The van der Waals surface area contributed by atoms with E-state index in [1.807, 2.05) is 38.2 Å². The van der Waals surface area contributed by atoms with Crippen molar-refractivity contribution in [1.29, 1.82) is 0 Å². The summed E-state index contributed by atoms with van der Waals surface area (Å²) < 4.78 is 5.81. The molecule has 2 aromatic rings. The molecule has 57 heavy (non-hydrogen) atoms. The molecule has 5 heteroatoms. The highest BCUT2D eigenvalue weighted by Crippen LogP contribution is 2.27. The van der Waals surface area contributed by atoms with Crippen LogP contribution in [0, 0.1) is 13.8 Å². The zero-order valence-corrected chi connectivity index (χ0v) is 37.0. The van der Waals surface area contributed by atoms with Crippen LogP contribution < -0.4 is 0 Å². The number of aryl methyl sites for hydroxylation is 2. The van der Waals surface area contributed by atoms with Crippen LogP contribution in [0.2, 0.25) is 0 Å². The second-order valence-electron chi connectivity index (χ2n) is 16.6. The molecule has 0 heterocycles. The van der Waals surface area contributed by atoms with E-state index in [-0.39, 0.29) is 23.1 Å². The molecule has 5 nitrogen and oxygen atoms in total. The number of unbranched alkanes of at least 4 members (excludes halogenated alkanes) is 24. The maximum absolute atomic E-state index is 13.0. The van der Waals surface area contributed by atoms with E-state index in [1.54, 1.807) is 24.3 Å². The lowest BCUT2D eigenvalue weighted by Gasteiger charge is -2.09. The lowest BCUT2D eigenvalue weighted by Crippen LogP contribution is -2.01. The highest BCUT2D eigenvalue weighted by molar-refractivity contribution is 6.00. The number of rotatable bonds is 36. The molecule has 0 atom stereocenters. The molecule has 320 valence electrons. The fraction of sp³-hybridized carbons (Fsp3) is 0.654. The molecule has 0 unspecified atom stereocenters. The Morgan fingerprint density at radius 2 is 0.737 bits per heavy atom. The fourth-order valence-corrected chi connectivity index (χ4v) is 7.65. The van der Waals surface area contributed by atoms with Crippen molar-refractivity contribution in [3.05, 3.63) is 69.8 Å². The third kappa shape index (κ3) is 23.1. The first-order chi connectivity index (χ1) is 27.8. The highest BCUT2D eigenvalue weighted by Gasteiger charge is 2.14. The first-order valence-corrected chi connectivity index (χ1v) is 23.4. The molecule has 0 amide bonds. The molecule has 0 aliphatic rings.